The highest BCUT2D eigenvalue weighted by atomic mass is 28.3. The molecule has 0 fully saturated rings. The summed E-state index contributed by atoms with van der Waals surface area (Å²) < 4.78 is 0. The molecule has 0 unspecified atom stereocenters. The van der Waals surface area contributed by atoms with Gasteiger partial charge in [-0.3, -0.25) is 0 Å². The third-order valence-electron chi connectivity index (χ3n) is 20.0. The standard InChI is InChI=1S/C84H106Si4/c1-59(2)85(60(3)4,61(5)6)55-51-77-35-27-73(28-36-77)43-47-81-71(25)83(49-45-75-31-39-79(40-32-75)53-57-87(65(13)14,66(15)16)67(17)18)84(50-46-76-33-41-80(42-34-76)54-58-88(68(19)20,69(21)22)70(23)24)72(26)82(81)48-44-74-29-37-78(38-30-74)52-56-86(62(7)8,63(9)10)64(11)12/h27-42,59-70H,1-26H3. The van der Waals surface area contributed by atoms with E-state index in [1.807, 2.05) is 0 Å². The number of rotatable bonds is 12. The van der Waals surface area contributed by atoms with Gasteiger partial charge in [-0.2, -0.15) is 0 Å². The lowest BCUT2D eigenvalue weighted by Gasteiger charge is -2.38. The molecule has 0 spiro atoms. The van der Waals surface area contributed by atoms with Crippen molar-refractivity contribution in [1.82, 2.24) is 0 Å². The zero-order valence-electron chi connectivity index (χ0n) is 59.2. The molecule has 0 aliphatic heterocycles. The molecule has 0 atom stereocenters. The van der Waals surface area contributed by atoms with E-state index in [1.165, 1.54) is 0 Å². The van der Waals surface area contributed by atoms with Crippen LogP contribution in [0.1, 0.15) is 244 Å². The smallest absolute Gasteiger partial charge is 0.125 e. The van der Waals surface area contributed by atoms with Gasteiger partial charge in [0, 0.05) is 66.8 Å². The van der Waals surface area contributed by atoms with Crippen molar-refractivity contribution in [2.75, 3.05) is 0 Å². The van der Waals surface area contributed by atoms with Gasteiger partial charge in [0.2, 0.25) is 0 Å². The van der Waals surface area contributed by atoms with Gasteiger partial charge in [-0.25, -0.2) is 0 Å². The average molecular weight is 1230 g/mol. The first-order chi connectivity index (χ1) is 41.3. The van der Waals surface area contributed by atoms with E-state index in [1.54, 1.807) is 0 Å². The Morgan fingerprint density at radius 3 is 0.409 bits per heavy atom. The molecule has 5 aromatic rings. The molecule has 0 heterocycles. The van der Waals surface area contributed by atoms with Crippen molar-refractivity contribution in [3.05, 3.63) is 175 Å². The topological polar surface area (TPSA) is 0 Å². The SMILES string of the molecule is Cc1c(C#Cc2ccc(C#C[Si](C(C)C)(C(C)C)C(C)C)cc2)c(C#Cc2ccc(C#C[Si](C(C)C)(C(C)C)C(C)C)cc2)c(C)c(C#Cc2ccc(C#C[Si](C(C)C)(C(C)C)C(C)C)cc2)c1C#Cc1ccc(C#C[Si](C(C)C)(C(C)C)C(C)C)cc1. The monoisotopic (exact) mass is 1230 g/mol. The van der Waals surface area contributed by atoms with Gasteiger partial charge in [0.1, 0.15) is 32.3 Å². The number of hydrogen-bond acceptors (Lipinski definition) is 0. The van der Waals surface area contributed by atoms with Crippen LogP contribution in [0, 0.1) is 107 Å². The van der Waals surface area contributed by atoms with Crippen LogP contribution in [-0.4, -0.2) is 32.3 Å². The third kappa shape index (κ3) is 16.3. The molecule has 0 aliphatic rings. The van der Waals surface area contributed by atoms with E-state index in [2.05, 4.69) is 370 Å². The lowest BCUT2D eigenvalue weighted by molar-refractivity contribution is 0.838. The van der Waals surface area contributed by atoms with Crippen molar-refractivity contribution in [1.29, 1.82) is 0 Å². The second-order valence-corrected chi connectivity index (χ2v) is 51.0. The molecule has 0 nitrogen and oxygen atoms in total. The van der Waals surface area contributed by atoms with E-state index in [-0.39, 0.29) is 0 Å². The summed E-state index contributed by atoms with van der Waals surface area (Å²) in [5.74, 6) is 43.6. The Hall–Kier alpha value is -6.55. The van der Waals surface area contributed by atoms with Gasteiger partial charge >= 0.3 is 0 Å². The maximum Gasteiger partial charge on any atom is 0.146 e. The van der Waals surface area contributed by atoms with Crippen molar-refractivity contribution in [3.8, 4) is 93.2 Å². The minimum atomic E-state index is -1.90. The molecule has 0 saturated heterocycles. The first kappa shape index (κ1) is 72.2. The highest BCUT2D eigenvalue weighted by molar-refractivity contribution is 6.92. The summed E-state index contributed by atoms with van der Waals surface area (Å²) in [6.07, 6.45) is 0. The second kappa shape index (κ2) is 31.3. The molecule has 0 radical (unpaired) electrons. The van der Waals surface area contributed by atoms with Crippen LogP contribution in [0.3, 0.4) is 0 Å². The van der Waals surface area contributed by atoms with Gasteiger partial charge in [0.15, 0.2) is 0 Å². The Bertz CT molecular complexity index is 3170. The van der Waals surface area contributed by atoms with Crippen LogP contribution in [0.25, 0.3) is 0 Å². The molecule has 5 aromatic carbocycles. The fourth-order valence-electron chi connectivity index (χ4n) is 15.2. The minimum absolute atomic E-state index is 0.561. The molecular weight excluding hydrogens is 1120 g/mol. The predicted octanol–water partition coefficient (Wildman–Crippen LogP) is 22.2. The third-order valence-corrected chi connectivity index (χ3v) is 45.2. The lowest BCUT2D eigenvalue weighted by atomic mass is 9.87. The Balaban J connectivity index is 1.78. The molecule has 4 heteroatoms. The second-order valence-electron chi connectivity index (χ2n) is 28.6. The van der Waals surface area contributed by atoms with Crippen LogP contribution in [0.2, 0.25) is 66.5 Å². The highest BCUT2D eigenvalue weighted by Gasteiger charge is 2.44. The van der Waals surface area contributed by atoms with E-state index < -0.39 is 32.3 Å². The van der Waals surface area contributed by atoms with E-state index >= 15 is 0 Å². The van der Waals surface area contributed by atoms with Crippen LogP contribution in [0.5, 0.6) is 0 Å². The molecule has 5 rings (SSSR count). The summed E-state index contributed by atoms with van der Waals surface area (Å²) in [5, 5.41) is 0. The molecule has 0 aromatic heterocycles. The normalized spacial score (nSPS) is 11.8. The Labute approximate surface area is 543 Å². The molecule has 458 valence electrons. The Morgan fingerprint density at radius 1 is 0.182 bits per heavy atom. The van der Waals surface area contributed by atoms with Crippen molar-refractivity contribution < 1.29 is 0 Å². The van der Waals surface area contributed by atoms with Crippen LogP contribution < -0.4 is 0 Å². The van der Waals surface area contributed by atoms with Crippen LogP contribution in [0.15, 0.2) is 97.1 Å². The lowest BCUT2D eigenvalue weighted by Crippen LogP contribution is -2.43. The minimum Gasteiger partial charge on any atom is -0.125 e. The maximum absolute atomic E-state index is 3.90. The van der Waals surface area contributed by atoms with Gasteiger partial charge in [-0.15, -0.1) is 22.2 Å². The van der Waals surface area contributed by atoms with Gasteiger partial charge in [-0.1, -0.05) is 237 Å². The summed E-state index contributed by atoms with van der Waals surface area (Å²) in [6, 6.07) is 33.9. The van der Waals surface area contributed by atoms with E-state index in [9.17, 15) is 0 Å². The molecule has 0 aliphatic carbocycles. The van der Waals surface area contributed by atoms with Crippen LogP contribution in [0.4, 0.5) is 0 Å². The predicted molar refractivity (Wildman–Crippen MR) is 397 cm³/mol. The van der Waals surface area contributed by atoms with Gasteiger partial charge < -0.3 is 0 Å². The molecule has 0 bridgehead atoms. The summed E-state index contributed by atoms with van der Waals surface area (Å²) in [7, 11) is -7.61. The summed E-state index contributed by atoms with van der Waals surface area (Å²) in [6.45, 7) is 61.0. The first-order valence-electron chi connectivity index (χ1n) is 33.1. The Morgan fingerprint density at radius 2 is 0.295 bits per heavy atom. The van der Waals surface area contributed by atoms with Crippen LogP contribution in [-0.2, 0) is 0 Å². The fraction of sp³-hybridized carbons (Fsp3) is 0.452. The molecular formula is C84H106Si4. The van der Waals surface area contributed by atoms with Crippen LogP contribution >= 0.6 is 0 Å². The summed E-state index contributed by atoms with van der Waals surface area (Å²) in [4.78, 5) is 0. The van der Waals surface area contributed by atoms with E-state index in [0.717, 1.165) is 77.9 Å². The molecule has 0 amide bonds. The zero-order chi connectivity index (χ0) is 65.6. The maximum atomic E-state index is 3.90. The zero-order valence-corrected chi connectivity index (χ0v) is 63.2. The number of benzene rings is 5. The quantitative estimate of drug-likeness (QED) is 0.0863. The van der Waals surface area contributed by atoms with Crippen molar-refractivity contribution in [3.63, 3.8) is 0 Å². The molecule has 0 saturated carbocycles. The van der Waals surface area contributed by atoms with Crippen molar-refractivity contribution >= 4 is 32.3 Å². The van der Waals surface area contributed by atoms with Gasteiger partial charge in [0.25, 0.3) is 0 Å². The van der Waals surface area contributed by atoms with E-state index in [4.69, 9.17) is 0 Å². The average Bonchev–Trinajstić information content (AvgIpc) is 1.82. The van der Waals surface area contributed by atoms with Crippen molar-refractivity contribution in [2.24, 2.45) is 0 Å². The van der Waals surface area contributed by atoms with E-state index in [0.29, 0.717) is 66.5 Å². The largest absolute Gasteiger partial charge is 0.146 e. The van der Waals surface area contributed by atoms with Gasteiger partial charge in [-0.05, 0) is 189 Å². The highest BCUT2D eigenvalue weighted by Crippen LogP contribution is 2.44. The Kier molecular flexibility index (Phi) is 25.6. The van der Waals surface area contributed by atoms with Gasteiger partial charge in [0.05, 0.1) is 0 Å². The van der Waals surface area contributed by atoms with Crippen molar-refractivity contribution in [2.45, 2.75) is 247 Å². The first-order valence-corrected chi connectivity index (χ1v) is 42.0. The fourth-order valence-corrected chi connectivity index (χ4v) is 36.1. The molecule has 0 N–H and O–H groups in total. The number of hydrogen-bond donors (Lipinski definition) is 0. The summed E-state index contributed by atoms with van der Waals surface area (Å²) in [5.41, 5.74) is 35.3. The summed E-state index contributed by atoms with van der Waals surface area (Å²) >= 11 is 0. The molecule has 88 heavy (non-hydrogen) atoms.